The van der Waals surface area contributed by atoms with E-state index in [-0.39, 0.29) is 23.4 Å². The Morgan fingerprint density at radius 2 is 2.08 bits per heavy atom. The predicted molar refractivity (Wildman–Crippen MR) is 90.2 cm³/mol. The third-order valence-electron chi connectivity index (χ3n) is 3.18. The zero-order valence-electron chi connectivity index (χ0n) is 13.1. The highest BCUT2D eigenvalue weighted by Gasteiger charge is 2.13. The van der Waals surface area contributed by atoms with Gasteiger partial charge >= 0.3 is 0 Å². The Morgan fingerprint density at radius 1 is 1.29 bits per heavy atom. The average molecular weight is 352 g/mol. The molecule has 0 unspecified atom stereocenters. The van der Waals surface area contributed by atoms with E-state index >= 15 is 0 Å². The Bertz CT molecular complexity index is 730. The molecule has 7 nitrogen and oxygen atoms in total. The van der Waals surface area contributed by atoms with Crippen LogP contribution in [0.25, 0.3) is 0 Å². The predicted octanol–water partition coefficient (Wildman–Crippen LogP) is 2.02. The van der Waals surface area contributed by atoms with Gasteiger partial charge in [0.15, 0.2) is 0 Å². The molecule has 0 radical (unpaired) electrons. The maximum absolute atomic E-state index is 12.1. The number of halogens is 1. The third-order valence-corrected chi connectivity index (χ3v) is 3.49. The summed E-state index contributed by atoms with van der Waals surface area (Å²) in [5.74, 6) is -0.148. The summed E-state index contributed by atoms with van der Waals surface area (Å²) in [6.45, 7) is 1.01. The van der Waals surface area contributed by atoms with Crippen LogP contribution in [0.5, 0.6) is 0 Å². The van der Waals surface area contributed by atoms with Crippen LogP contribution < -0.4 is 16.4 Å². The van der Waals surface area contributed by atoms with E-state index in [1.54, 1.807) is 25.3 Å². The van der Waals surface area contributed by atoms with Crippen LogP contribution in [0.4, 0.5) is 5.69 Å². The summed E-state index contributed by atoms with van der Waals surface area (Å²) in [4.78, 5) is 24.1. The van der Waals surface area contributed by atoms with Gasteiger partial charge in [0.05, 0.1) is 29.3 Å². The molecule has 0 aliphatic heterocycles. The normalized spacial score (nSPS) is 10.5. The van der Waals surface area contributed by atoms with Gasteiger partial charge in [0.25, 0.3) is 11.8 Å². The van der Waals surface area contributed by atoms with Crippen molar-refractivity contribution in [3.63, 3.8) is 0 Å². The molecule has 8 heteroatoms. The first-order chi connectivity index (χ1) is 11.5. The van der Waals surface area contributed by atoms with Crippen molar-refractivity contribution >= 4 is 29.1 Å². The number of hydrogen-bond acceptors (Lipinski definition) is 5. The molecule has 0 saturated carbocycles. The summed E-state index contributed by atoms with van der Waals surface area (Å²) in [5.41, 5.74) is 6.58. The van der Waals surface area contributed by atoms with Crippen molar-refractivity contribution in [3.05, 3.63) is 52.4 Å². The van der Waals surface area contributed by atoms with Crippen LogP contribution in [-0.4, -0.2) is 32.1 Å². The molecule has 0 bridgehead atoms. The number of rotatable bonds is 7. The molecule has 0 aliphatic rings. The highest BCUT2D eigenvalue weighted by Crippen LogP contribution is 2.22. The van der Waals surface area contributed by atoms with E-state index in [1.807, 2.05) is 0 Å². The molecule has 4 N–H and O–H groups in total. The SMILES string of the molecule is COCCNC(=O)c1ccc(NC(=O)c2coc(CN)c2)cc1Cl. The standard InChI is InChI=1S/C16H18ClN3O4/c1-23-5-4-19-16(22)13-3-2-11(7-14(13)17)20-15(21)10-6-12(8-18)24-9-10/h2-3,6-7,9H,4-5,8,18H2,1H3,(H,19,22)(H,20,21). The van der Waals surface area contributed by atoms with E-state index in [4.69, 9.17) is 26.5 Å². The summed E-state index contributed by atoms with van der Waals surface area (Å²) >= 11 is 6.11. The lowest BCUT2D eigenvalue weighted by Crippen LogP contribution is -2.27. The first-order valence-corrected chi connectivity index (χ1v) is 7.58. The minimum atomic E-state index is -0.355. The second-order valence-corrected chi connectivity index (χ2v) is 5.31. The minimum Gasteiger partial charge on any atom is -0.467 e. The van der Waals surface area contributed by atoms with Gasteiger partial charge in [-0.25, -0.2) is 0 Å². The molecular weight excluding hydrogens is 334 g/mol. The minimum absolute atomic E-state index is 0.214. The molecule has 2 amide bonds. The average Bonchev–Trinajstić information content (AvgIpc) is 3.04. The van der Waals surface area contributed by atoms with Crippen molar-refractivity contribution in [3.8, 4) is 0 Å². The fraction of sp³-hybridized carbons (Fsp3) is 0.250. The number of methoxy groups -OCH3 is 1. The summed E-state index contributed by atoms with van der Waals surface area (Å²) < 4.78 is 9.98. The number of nitrogens with one attached hydrogen (secondary N) is 2. The number of anilines is 1. The van der Waals surface area contributed by atoms with Crippen molar-refractivity contribution in [1.82, 2.24) is 5.32 Å². The van der Waals surface area contributed by atoms with Gasteiger partial charge in [-0.15, -0.1) is 0 Å². The molecule has 1 aromatic carbocycles. The van der Waals surface area contributed by atoms with Crippen molar-refractivity contribution in [2.24, 2.45) is 5.73 Å². The highest BCUT2D eigenvalue weighted by atomic mass is 35.5. The number of carbonyl (C=O) groups excluding carboxylic acids is 2. The summed E-state index contributed by atoms with van der Waals surface area (Å²) in [6.07, 6.45) is 1.33. The lowest BCUT2D eigenvalue weighted by Gasteiger charge is -2.09. The van der Waals surface area contributed by atoms with Crippen molar-refractivity contribution < 1.29 is 18.7 Å². The molecule has 1 heterocycles. The largest absolute Gasteiger partial charge is 0.467 e. The topological polar surface area (TPSA) is 107 Å². The second-order valence-electron chi connectivity index (χ2n) is 4.90. The van der Waals surface area contributed by atoms with E-state index in [9.17, 15) is 9.59 Å². The second kappa shape index (κ2) is 8.49. The molecule has 2 rings (SSSR count). The molecule has 0 saturated heterocycles. The van der Waals surface area contributed by atoms with E-state index in [1.165, 1.54) is 12.3 Å². The molecule has 0 atom stereocenters. The van der Waals surface area contributed by atoms with E-state index in [2.05, 4.69) is 10.6 Å². The van der Waals surface area contributed by atoms with Gasteiger partial charge in [0.2, 0.25) is 0 Å². The molecule has 0 spiro atoms. The van der Waals surface area contributed by atoms with Gasteiger partial charge in [-0.3, -0.25) is 9.59 Å². The van der Waals surface area contributed by atoms with Crippen LogP contribution in [0, 0.1) is 0 Å². The van der Waals surface area contributed by atoms with E-state index < -0.39 is 0 Å². The molecule has 128 valence electrons. The number of nitrogens with two attached hydrogens (primary N) is 1. The van der Waals surface area contributed by atoms with Crippen LogP contribution in [0.3, 0.4) is 0 Å². The maximum atomic E-state index is 12.1. The van der Waals surface area contributed by atoms with Gasteiger partial charge in [0, 0.05) is 19.3 Å². The number of furan rings is 1. The van der Waals surface area contributed by atoms with E-state index in [0.717, 1.165) is 0 Å². The number of ether oxygens (including phenoxy) is 1. The molecular formula is C16H18ClN3O4. The molecule has 0 aliphatic carbocycles. The Labute approximate surface area is 144 Å². The number of carbonyl (C=O) groups is 2. The lowest BCUT2D eigenvalue weighted by molar-refractivity contribution is 0.0936. The summed E-state index contributed by atoms with van der Waals surface area (Å²) in [6, 6.07) is 6.21. The number of hydrogen-bond donors (Lipinski definition) is 3. The van der Waals surface area contributed by atoms with Gasteiger partial charge in [-0.1, -0.05) is 11.6 Å². The fourth-order valence-corrected chi connectivity index (χ4v) is 2.22. The number of amides is 2. The highest BCUT2D eigenvalue weighted by molar-refractivity contribution is 6.34. The number of benzene rings is 1. The Balaban J connectivity index is 2.03. The Morgan fingerprint density at radius 3 is 2.71 bits per heavy atom. The van der Waals surface area contributed by atoms with Crippen LogP contribution in [0.1, 0.15) is 26.5 Å². The summed E-state index contributed by atoms with van der Waals surface area (Å²) in [5, 5.41) is 5.59. The monoisotopic (exact) mass is 351 g/mol. The fourth-order valence-electron chi connectivity index (χ4n) is 1.95. The first-order valence-electron chi connectivity index (χ1n) is 7.20. The maximum Gasteiger partial charge on any atom is 0.258 e. The Hall–Kier alpha value is -2.35. The molecule has 0 fully saturated rings. The van der Waals surface area contributed by atoms with Crippen LogP contribution >= 0.6 is 11.6 Å². The van der Waals surface area contributed by atoms with E-state index in [0.29, 0.717) is 35.7 Å². The van der Waals surface area contributed by atoms with Gasteiger partial charge in [-0.05, 0) is 24.3 Å². The zero-order valence-corrected chi connectivity index (χ0v) is 13.9. The quantitative estimate of drug-likeness (QED) is 0.661. The van der Waals surface area contributed by atoms with Gasteiger partial charge < -0.3 is 25.5 Å². The van der Waals surface area contributed by atoms with Gasteiger partial charge in [-0.2, -0.15) is 0 Å². The third kappa shape index (κ3) is 4.58. The lowest BCUT2D eigenvalue weighted by atomic mass is 10.2. The molecule has 2 aromatic rings. The van der Waals surface area contributed by atoms with Crippen molar-refractivity contribution in [2.45, 2.75) is 6.54 Å². The van der Waals surface area contributed by atoms with Crippen LogP contribution in [0.15, 0.2) is 34.9 Å². The van der Waals surface area contributed by atoms with Gasteiger partial charge in [0.1, 0.15) is 12.0 Å². The molecule has 1 aromatic heterocycles. The molecule has 24 heavy (non-hydrogen) atoms. The van der Waals surface area contributed by atoms with Crippen molar-refractivity contribution in [2.75, 3.05) is 25.6 Å². The zero-order chi connectivity index (χ0) is 17.5. The van der Waals surface area contributed by atoms with Crippen molar-refractivity contribution in [1.29, 1.82) is 0 Å². The summed E-state index contributed by atoms with van der Waals surface area (Å²) in [7, 11) is 1.55. The smallest absolute Gasteiger partial charge is 0.258 e. The van der Waals surface area contributed by atoms with Crippen LogP contribution in [0.2, 0.25) is 5.02 Å². The van der Waals surface area contributed by atoms with Crippen LogP contribution in [-0.2, 0) is 11.3 Å². The Kier molecular flexibility index (Phi) is 6.36. The first kappa shape index (κ1) is 18.0.